The standard InChI is InChI=1S/C13H19N3OS/c1-10(2)8-15-16-13(18)14-9-11-4-6-12(17-3)7-5-11/h4-8,10H,9H2,1-3H3,(H2,14,16,18). The van der Waals surface area contributed by atoms with Crippen LogP contribution in [0.1, 0.15) is 19.4 Å². The van der Waals surface area contributed by atoms with Crippen LogP contribution in [-0.4, -0.2) is 18.4 Å². The second-order valence-electron chi connectivity index (χ2n) is 4.16. The highest BCUT2D eigenvalue weighted by molar-refractivity contribution is 7.80. The zero-order chi connectivity index (χ0) is 13.4. The van der Waals surface area contributed by atoms with Crippen LogP contribution < -0.4 is 15.5 Å². The summed E-state index contributed by atoms with van der Waals surface area (Å²) < 4.78 is 5.09. The first-order valence-electron chi connectivity index (χ1n) is 5.81. The van der Waals surface area contributed by atoms with Crippen molar-refractivity contribution < 1.29 is 4.74 Å². The van der Waals surface area contributed by atoms with E-state index >= 15 is 0 Å². The van der Waals surface area contributed by atoms with Crippen molar-refractivity contribution in [3.05, 3.63) is 29.8 Å². The molecule has 0 aliphatic rings. The highest BCUT2D eigenvalue weighted by Gasteiger charge is 1.96. The van der Waals surface area contributed by atoms with Gasteiger partial charge in [0.1, 0.15) is 5.75 Å². The van der Waals surface area contributed by atoms with Gasteiger partial charge in [0.2, 0.25) is 0 Å². The van der Waals surface area contributed by atoms with E-state index in [-0.39, 0.29) is 0 Å². The number of nitrogens with one attached hydrogen (secondary N) is 2. The molecule has 0 fully saturated rings. The Kier molecular flexibility index (Phi) is 6.14. The van der Waals surface area contributed by atoms with E-state index in [1.54, 1.807) is 13.3 Å². The quantitative estimate of drug-likeness (QED) is 0.487. The highest BCUT2D eigenvalue weighted by Crippen LogP contribution is 2.10. The Morgan fingerprint density at radius 3 is 2.61 bits per heavy atom. The van der Waals surface area contributed by atoms with Gasteiger partial charge in [0.15, 0.2) is 5.11 Å². The topological polar surface area (TPSA) is 45.6 Å². The largest absolute Gasteiger partial charge is 0.497 e. The SMILES string of the molecule is COc1ccc(CNC(=S)NN=CC(C)C)cc1. The van der Waals surface area contributed by atoms with Crippen molar-refractivity contribution in [2.45, 2.75) is 20.4 Å². The van der Waals surface area contributed by atoms with Gasteiger partial charge in [0.05, 0.1) is 7.11 Å². The van der Waals surface area contributed by atoms with Gasteiger partial charge in [-0.3, -0.25) is 5.43 Å². The van der Waals surface area contributed by atoms with Crippen molar-refractivity contribution in [1.82, 2.24) is 10.7 Å². The summed E-state index contributed by atoms with van der Waals surface area (Å²) in [6, 6.07) is 7.83. The predicted octanol–water partition coefficient (Wildman–Crippen LogP) is 2.30. The van der Waals surface area contributed by atoms with Gasteiger partial charge < -0.3 is 10.1 Å². The van der Waals surface area contributed by atoms with Crippen LogP contribution in [-0.2, 0) is 6.54 Å². The molecular weight excluding hydrogens is 246 g/mol. The van der Waals surface area contributed by atoms with E-state index in [0.717, 1.165) is 11.3 Å². The van der Waals surface area contributed by atoms with Crippen LogP contribution in [0.4, 0.5) is 0 Å². The summed E-state index contributed by atoms with van der Waals surface area (Å²) >= 11 is 5.09. The smallest absolute Gasteiger partial charge is 0.187 e. The minimum Gasteiger partial charge on any atom is -0.497 e. The Balaban J connectivity index is 2.33. The molecule has 98 valence electrons. The third kappa shape index (κ3) is 5.63. The lowest BCUT2D eigenvalue weighted by Crippen LogP contribution is -2.31. The van der Waals surface area contributed by atoms with Crippen LogP contribution in [0.25, 0.3) is 0 Å². The molecule has 1 rings (SSSR count). The Bertz CT molecular complexity index is 401. The summed E-state index contributed by atoms with van der Waals surface area (Å²) in [7, 11) is 1.65. The lowest BCUT2D eigenvalue weighted by molar-refractivity contribution is 0.414. The molecule has 0 aliphatic carbocycles. The molecule has 0 spiro atoms. The molecular formula is C13H19N3OS. The molecule has 0 radical (unpaired) electrons. The number of nitrogens with zero attached hydrogens (tertiary/aromatic N) is 1. The van der Waals surface area contributed by atoms with Crippen LogP contribution in [0.15, 0.2) is 29.4 Å². The van der Waals surface area contributed by atoms with Crippen molar-refractivity contribution in [2.75, 3.05) is 7.11 Å². The normalized spacial score (nSPS) is 10.7. The average molecular weight is 265 g/mol. The van der Waals surface area contributed by atoms with Gasteiger partial charge in [-0.25, -0.2) is 0 Å². The number of benzene rings is 1. The molecule has 0 saturated carbocycles. The van der Waals surface area contributed by atoms with Gasteiger partial charge in [0.25, 0.3) is 0 Å². The lowest BCUT2D eigenvalue weighted by Gasteiger charge is -2.07. The maximum absolute atomic E-state index is 5.09. The zero-order valence-electron chi connectivity index (χ0n) is 10.9. The number of rotatable bonds is 5. The minimum atomic E-state index is 0.405. The van der Waals surface area contributed by atoms with Crippen molar-refractivity contribution in [1.29, 1.82) is 0 Å². The predicted molar refractivity (Wildman–Crippen MR) is 78.9 cm³/mol. The monoisotopic (exact) mass is 265 g/mol. The highest BCUT2D eigenvalue weighted by atomic mass is 32.1. The molecule has 2 N–H and O–H groups in total. The third-order valence-corrected chi connectivity index (χ3v) is 2.39. The molecule has 1 aromatic rings. The zero-order valence-corrected chi connectivity index (χ0v) is 11.8. The lowest BCUT2D eigenvalue weighted by atomic mass is 10.2. The van der Waals surface area contributed by atoms with Gasteiger partial charge >= 0.3 is 0 Å². The molecule has 5 heteroatoms. The summed E-state index contributed by atoms with van der Waals surface area (Å²) in [5, 5.41) is 7.60. The van der Waals surface area contributed by atoms with Gasteiger partial charge in [-0.1, -0.05) is 26.0 Å². The van der Waals surface area contributed by atoms with Crippen LogP contribution in [0.5, 0.6) is 5.75 Å². The maximum atomic E-state index is 5.09. The Morgan fingerprint density at radius 2 is 2.06 bits per heavy atom. The fraction of sp³-hybridized carbons (Fsp3) is 0.385. The molecule has 0 heterocycles. The van der Waals surface area contributed by atoms with E-state index in [9.17, 15) is 0 Å². The summed E-state index contributed by atoms with van der Waals surface area (Å²) in [6.45, 7) is 4.77. The molecule has 1 aromatic carbocycles. The number of thiocarbonyl (C=S) groups is 1. The second kappa shape index (κ2) is 7.66. The molecule has 0 amide bonds. The molecule has 0 saturated heterocycles. The van der Waals surface area contributed by atoms with E-state index in [1.807, 2.05) is 24.3 Å². The number of hydrazone groups is 1. The summed E-state index contributed by atoms with van der Waals surface area (Å²) in [5.74, 6) is 1.25. The molecule has 0 atom stereocenters. The molecule has 0 aliphatic heterocycles. The van der Waals surface area contributed by atoms with E-state index in [2.05, 4.69) is 29.7 Å². The molecule has 0 aromatic heterocycles. The second-order valence-corrected chi connectivity index (χ2v) is 4.57. The maximum Gasteiger partial charge on any atom is 0.187 e. The number of methoxy groups -OCH3 is 1. The Labute approximate surface area is 113 Å². The van der Waals surface area contributed by atoms with E-state index in [0.29, 0.717) is 17.6 Å². The Morgan fingerprint density at radius 1 is 1.39 bits per heavy atom. The third-order valence-electron chi connectivity index (χ3n) is 2.15. The van der Waals surface area contributed by atoms with E-state index in [1.165, 1.54) is 0 Å². The number of hydrogen-bond donors (Lipinski definition) is 2. The Hall–Kier alpha value is -1.62. The van der Waals surface area contributed by atoms with Crippen molar-refractivity contribution in [2.24, 2.45) is 11.0 Å². The molecule has 0 bridgehead atoms. The van der Waals surface area contributed by atoms with Crippen LogP contribution in [0.3, 0.4) is 0 Å². The molecule has 4 nitrogen and oxygen atoms in total. The summed E-state index contributed by atoms with van der Waals surface area (Å²) in [6.07, 6.45) is 1.81. The first kappa shape index (κ1) is 14.4. The molecule has 0 unspecified atom stereocenters. The first-order chi connectivity index (χ1) is 8.61. The first-order valence-corrected chi connectivity index (χ1v) is 6.22. The summed E-state index contributed by atoms with van der Waals surface area (Å²) in [5.41, 5.74) is 3.90. The van der Waals surface area contributed by atoms with E-state index in [4.69, 9.17) is 17.0 Å². The fourth-order valence-corrected chi connectivity index (χ4v) is 1.34. The van der Waals surface area contributed by atoms with Crippen LogP contribution >= 0.6 is 12.2 Å². The molecule has 18 heavy (non-hydrogen) atoms. The van der Waals surface area contributed by atoms with Gasteiger partial charge in [-0.15, -0.1) is 0 Å². The van der Waals surface area contributed by atoms with E-state index < -0.39 is 0 Å². The average Bonchev–Trinajstić information content (AvgIpc) is 2.36. The fourth-order valence-electron chi connectivity index (χ4n) is 1.21. The van der Waals surface area contributed by atoms with Crippen LogP contribution in [0, 0.1) is 5.92 Å². The number of ether oxygens (including phenoxy) is 1. The van der Waals surface area contributed by atoms with Crippen molar-refractivity contribution in [3.8, 4) is 5.75 Å². The minimum absolute atomic E-state index is 0.405. The number of hydrogen-bond acceptors (Lipinski definition) is 3. The van der Waals surface area contributed by atoms with Crippen molar-refractivity contribution >= 4 is 23.5 Å². The van der Waals surface area contributed by atoms with Crippen LogP contribution in [0.2, 0.25) is 0 Å². The van der Waals surface area contributed by atoms with Gasteiger partial charge in [-0.2, -0.15) is 5.10 Å². The van der Waals surface area contributed by atoms with Gasteiger partial charge in [-0.05, 0) is 35.8 Å². The summed E-state index contributed by atoms with van der Waals surface area (Å²) in [4.78, 5) is 0. The van der Waals surface area contributed by atoms with Crippen molar-refractivity contribution in [3.63, 3.8) is 0 Å². The van der Waals surface area contributed by atoms with Gasteiger partial charge in [0, 0.05) is 12.8 Å².